The zero-order valence-electron chi connectivity index (χ0n) is 10.8. The van der Waals surface area contributed by atoms with Crippen LogP contribution in [0.2, 0.25) is 0 Å². The number of nitrogens with zero attached hydrogens (tertiary/aromatic N) is 1. The van der Waals surface area contributed by atoms with Gasteiger partial charge in [-0.2, -0.15) is 0 Å². The first-order chi connectivity index (χ1) is 7.58. The highest BCUT2D eigenvalue weighted by atomic mass is 16.5. The molecule has 0 radical (unpaired) electrons. The van der Waals surface area contributed by atoms with Gasteiger partial charge in [0.25, 0.3) is 0 Å². The van der Waals surface area contributed by atoms with E-state index in [-0.39, 0.29) is 0 Å². The van der Waals surface area contributed by atoms with Gasteiger partial charge in [-0.1, -0.05) is 6.07 Å². The van der Waals surface area contributed by atoms with E-state index in [1.54, 1.807) is 14.2 Å². The summed E-state index contributed by atoms with van der Waals surface area (Å²) in [5, 5.41) is 0. The fraction of sp³-hybridized carbons (Fsp3) is 0.538. The summed E-state index contributed by atoms with van der Waals surface area (Å²) in [6.07, 6.45) is 1.01. The van der Waals surface area contributed by atoms with Gasteiger partial charge in [-0.15, -0.1) is 0 Å². The molecule has 0 aliphatic rings. The van der Waals surface area contributed by atoms with Crippen LogP contribution in [0.4, 0.5) is 0 Å². The molecule has 0 saturated carbocycles. The van der Waals surface area contributed by atoms with Gasteiger partial charge in [0.2, 0.25) is 0 Å². The molecule has 1 rings (SSSR count). The van der Waals surface area contributed by atoms with Gasteiger partial charge in [-0.25, -0.2) is 0 Å². The Hall–Kier alpha value is -1.22. The van der Waals surface area contributed by atoms with Gasteiger partial charge >= 0.3 is 0 Å². The maximum absolute atomic E-state index is 5.28. The monoisotopic (exact) mass is 223 g/mol. The van der Waals surface area contributed by atoms with Gasteiger partial charge in [-0.3, -0.25) is 0 Å². The first kappa shape index (κ1) is 12.8. The summed E-state index contributed by atoms with van der Waals surface area (Å²) in [5.74, 6) is 1.58. The third-order valence-electron chi connectivity index (χ3n) is 2.86. The van der Waals surface area contributed by atoms with Gasteiger partial charge in [0.15, 0.2) is 11.5 Å². The Morgan fingerprint density at radius 1 is 1.12 bits per heavy atom. The van der Waals surface area contributed by atoms with E-state index >= 15 is 0 Å². The van der Waals surface area contributed by atoms with Gasteiger partial charge in [0.1, 0.15) is 0 Å². The number of benzene rings is 1. The smallest absolute Gasteiger partial charge is 0.160 e. The van der Waals surface area contributed by atoms with E-state index in [2.05, 4.69) is 32.0 Å². The van der Waals surface area contributed by atoms with Crippen LogP contribution in [-0.4, -0.2) is 39.3 Å². The highest BCUT2D eigenvalue weighted by Crippen LogP contribution is 2.28. The Labute approximate surface area is 98.0 Å². The highest BCUT2D eigenvalue weighted by Gasteiger charge is 2.09. The third kappa shape index (κ3) is 3.14. The molecule has 0 amide bonds. The molecular weight excluding hydrogens is 202 g/mol. The topological polar surface area (TPSA) is 21.7 Å². The van der Waals surface area contributed by atoms with Crippen molar-refractivity contribution in [2.75, 3.05) is 28.3 Å². The number of rotatable bonds is 5. The molecule has 0 fully saturated rings. The van der Waals surface area contributed by atoms with E-state index in [0.717, 1.165) is 17.9 Å². The summed E-state index contributed by atoms with van der Waals surface area (Å²) in [4.78, 5) is 2.21. The van der Waals surface area contributed by atoms with Gasteiger partial charge in [0, 0.05) is 6.04 Å². The highest BCUT2D eigenvalue weighted by molar-refractivity contribution is 5.43. The largest absolute Gasteiger partial charge is 0.493 e. The molecule has 0 saturated heterocycles. The van der Waals surface area contributed by atoms with E-state index < -0.39 is 0 Å². The van der Waals surface area contributed by atoms with Crippen molar-refractivity contribution in [3.8, 4) is 11.5 Å². The number of methoxy groups -OCH3 is 2. The van der Waals surface area contributed by atoms with Crippen LogP contribution in [0.1, 0.15) is 12.5 Å². The molecule has 0 bridgehead atoms. The van der Waals surface area contributed by atoms with Crippen molar-refractivity contribution in [2.24, 2.45) is 0 Å². The quantitative estimate of drug-likeness (QED) is 0.764. The molecule has 0 unspecified atom stereocenters. The van der Waals surface area contributed by atoms with Crippen molar-refractivity contribution < 1.29 is 9.47 Å². The molecule has 90 valence electrons. The minimum absolute atomic E-state index is 0.512. The summed E-state index contributed by atoms with van der Waals surface area (Å²) in [6, 6.07) is 6.59. The molecule has 0 aliphatic heterocycles. The van der Waals surface area contributed by atoms with Crippen molar-refractivity contribution >= 4 is 0 Å². The summed E-state index contributed by atoms with van der Waals surface area (Å²) < 4.78 is 10.5. The number of ether oxygens (including phenoxy) is 2. The minimum atomic E-state index is 0.512. The molecular formula is C13H21NO2. The Balaban J connectivity index is 2.82. The first-order valence-corrected chi connectivity index (χ1v) is 5.45. The summed E-state index contributed by atoms with van der Waals surface area (Å²) >= 11 is 0. The van der Waals surface area contributed by atoms with Gasteiger partial charge in [0.05, 0.1) is 14.2 Å². The Morgan fingerprint density at radius 2 is 1.75 bits per heavy atom. The molecule has 0 spiro atoms. The van der Waals surface area contributed by atoms with Crippen LogP contribution in [0.5, 0.6) is 11.5 Å². The standard InChI is InChI=1S/C13H21NO2/c1-10(14(2)3)8-11-6-7-12(15-4)13(9-11)16-5/h6-7,9-10H,8H2,1-5H3/t10-/m1/s1. The molecule has 3 nitrogen and oxygen atoms in total. The van der Waals surface area contributed by atoms with Crippen LogP contribution < -0.4 is 9.47 Å². The van der Waals surface area contributed by atoms with Crippen molar-refractivity contribution in [1.82, 2.24) is 4.90 Å². The third-order valence-corrected chi connectivity index (χ3v) is 2.86. The zero-order valence-corrected chi connectivity index (χ0v) is 10.8. The van der Waals surface area contributed by atoms with Crippen molar-refractivity contribution in [3.05, 3.63) is 23.8 Å². The van der Waals surface area contributed by atoms with E-state index in [0.29, 0.717) is 6.04 Å². The predicted molar refractivity (Wildman–Crippen MR) is 66.4 cm³/mol. The fourth-order valence-corrected chi connectivity index (χ4v) is 1.53. The minimum Gasteiger partial charge on any atom is -0.493 e. The van der Waals surface area contributed by atoms with Gasteiger partial charge < -0.3 is 14.4 Å². The van der Waals surface area contributed by atoms with E-state index in [9.17, 15) is 0 Å². The van der Waals surface area contributed by atoms with Crippen LogP contribution in [0.15, 0.2) is 18.2 Å². The molecule has 0 heterocycles. The average molecular weight is 223 g/mol. The van der Waals surface area contributed by atoms with E-state index in [1.807, 2.05) is 12.1 Å². The lowest BCUT2D eigenvalue weighted by Crippen LogP contribution is -2.26. The van der Waals surface area contributed by atoms with E-state index in [4.69, 9.17) is 9.47 Å². The maximum Gasteiger partial charge on any atom is 0.160 e. The molecule has 1 atom stereocenters. The number of hydrogen-bond donors (Lipinski definition) is 0. The lowest BCUT2D eigenvalue weighted by atomic mass is 10.1. The summed E-state index contributed by atoms with van der Waals surface area (Å²) in [5.41, 5.74) is 1.26. The normalized spacial score (nSPS) is 12.6. The van der Waals surface area contributed by atoms with Crippen LogP contribution in [-0.2, 0) is 6.42 Å². The zero-order chi connectivity index (χ0) is 12.1. The second-order valence-electron chi connectivity index (χ2n) is 4.21. The Kier molecular flexibility index (Phi) is 4.62. The molecule has 0 aliphatic carbocycles. The molecule has 0 N–H and O–H groups in total. The lowest BCUT2D eigenvalue weighted by molar-refractivity contribution is 0.311. The Morgan fingerprint density at radius 3 is 2.25 bits per heavy atom. The molecule has 16 heavy (non-hydrogen) atoms. The molecule has 3 heteroatoms. The van der Waals surface area contributed by atoms with Crippen molar-refractivity contribution in [1.29, 1.82) is 0 Å². The second kappa shape index (κ2) is 5.75. The van der Waals surface area contributed by atoms with Crippen molar-refractivity contribution in [3.63, 3.8) is 0 Å². The van der Waals surface area contributed by atoms with Crippen LogP contribution in [0.3, 0.4) is 0 Å². The Bertz CT molecular complexity index is 337. The van der Waals surface area contributed by atoms with Crippen LogP contribution >= 0.6 is 0 Å². The predicted octanol–water partition coefficient (Wildman–Crippen LogP) is 2.20. The lowest BCUT2D eigenvalue weighted by Gasteiger charge is -2.20. The van der Waals surface area contributed by atoms with Crippen molar-refractivity contribution in [2.45, 2.75) is 19.4 Å². The van der Waals surface area contributed by atoms with E-state index in [1.165, 1.54) is 5.56 Å². The average Bonchev–Trinajstić information content (AvgIpc) is 2.28. The summed E-state index contributed by atoms with van der Waals surface area (Å²) in [6.45, 7) is 2.21. The number of likely N-dealkylation sites (N-methyl/N-ethyl adjacent to an activating group) is 1. The van der Waals surface area contributed by atoms with Gasteiger partial charge in [-0.05, 0) is 45.1 Å². The molecule has 1 aromatic carbocycles. The maximum atomic E-state index is 5.28. The molecule has 1 aromatic rings. The fourth-order valence-electron chi connectivity index (χ4n) is 1.53. The molecule has 0 aromatic heterocycles. The number of hydrogen-bond acceptors (Lipinski definition) is 3. The first-order valence-electron chi connectivity index (χ1n) is 5.45. The second-order valence-corrected chi connectivity index (χ2v) is 4.21. The summed E-state index contributed by atoms with van der Waals surface area (Å²) in [7, 11) is 7.49. The SMILES string of the molecule is COc1ccc(C[C@@H](C)N(C)C)cc1OC. The van der Waals surface area contributed by atoms with Crippen LogP contribution in [0.25, 0.3) is 0 Å². The van der Waals surface area contributed by atoms with Crippen LogP contribution in [0, 0.1) is 0 Å².